The van der Waals surface area contributed by atoms with Crippen molar-refractivity contribution in [3.63, 3.8) is 0 Å². The highest BCUT2D eigenvalue weighted by atomic mass is 19.1. The highest BCUT2D eigenvalue weighted by molar-refractivity contribution is 5.90. The molecule has 2 aliphatic rings. The van der Waals surface area contributed by atoms with Gasteiger partial charge in [-0.05, 0) is 68.0 Å². The SMILES string of the molecule is C=C(C)C1(C)OC(=O)N2CCC(CC(=O)Nc3ccc(-c4cc(F)cc(F)c4)cn3)CC21. The quantitative estimate of drug-likeness (QED) is 0.669. The van der Waals surface area contributed by atoms with Crippen molar-refractivity contribution in [3.05, 3.63) is 60.3 Å². The summed E-state index contributed by atoms with van der Waals surface area (Å²) in [6.07, 6.45) is 2.79. The maximum atomic E-state index is 13.4. The summed E-state index contributed by atoms with van der Waals surface area (Å²) in [7, 11) is 0. The molecule has 3 unspecified atom stereocenters. The first-order valence-electron chi connectivity index (χ1n) is 10.5. The van der Waals surface area contributed by atoms with Gasteiger partial charge in [0.1, 0.15) is 17.5 Å². The van der Waals surface area contributed by atoms with Gasteiger partial charge in [0.05, 0.1) is 6.04 Å². The van der Waals surface area contributed by atoms with Crippen LogP contribution in [0.3, 0.4) is 0 Å². The number of nitrogens with zero attached hydrogens (tertiary/aromatic N) is 2. The van der Waals surface area contributed by atoms with Crippen LogP contribution >= 0.6 is 0 Å². The summed E-state index contributed by atoms with van der Waals surface area (Å²) in [5, 5.41) is 2.78. The molecule has 1 N–H and O–H groups in total. The minimum absolute atomic E-state index is 0.0963. The molecule has 3 atom stereocenters. The van der Waals surface area contributed by atoms with Crippen LogP contribution in [0.25, 0.3) is 11.1 Å². The van der Waals surface area contributed by atoms with Crippen molar-refractivity contribution >= 4 is 17.8 Å². The van der Waals surface area contributed by atoms with Gasteiger partial charge < -0.3 is 15.0 Å². The highest BCUT2D eigenvalue weighted by Crippen LogP contribution is 2.42. The molecule has 2 fully saturated rings. The second-order valence-corrected chi connectivity index (χ2v) is 8.70. The van der Waals surface area contributed by atoms with E-state index in [4.69, 9.17) is 4.74 Å². The number of carbonyl (C=O) groups is 2. The molecule has 168 valence electrons. The summed E-state index contributed by atoms with van der Waals surface area (Å²) >= 11 is 0. The Labute approximate surface area is 185 Å². The van der Waals surface area contributed by atoms with Crippen molar-refractivity contribution in [2.45, 2.75) is 44.8 Å². The molecule has 2 amide bonds. The Morgan fingerprint density at radius 3 is 2.62 bits per heavy atom. The van der Waals surface area contributed by atoms with Crippen molar-refractivity contribution in [1.82, 2.24) is 9.88 Å². The van der Waals surface area contributed by atoms with E-state index in [1.807, 2.05) is 13.8 Å². The lowest BCUT2D eigenvalue weighted by molar-refractivity contribution is -0.117. The van der Waals surface area contributed by atoms with E-state index in [1.165, 1.54) is 18.3 Å². The molecular formula is C24H25F2N3O3. The minimum atomic E-state index is -0.750. The maximum Gasteiger partial charge on any atom is 0.411 e. The Hall–Kier alpha value is -3.29. The molecule has 0 saturated carbocycles. The topological polar surface area (TPSA) is 71.5 Å². The van der Waals surface area contributed by atoms with Crippen molar-refractivity contribution in [2.75, 3.05) is 11.9 Å². The van der Waals surface area contributed by atoms with Gasteiger partial charge in [-0.2, -0.15) is 0 Å². The average Bonchev–Trinajstić information content (AvgIpc) is 2.99. The van der Waals surface area contributed by atoms with Gasteiger partial charge in [-0.25, -0.2) is 18.6 Å². The molecular weight excluding hydrogens is 416 g/mol. The fraction of sp³-hybridized carbons (Fsp3) is 0.375. The molecule has 0 radical (unpaired) electrons. The van der Waals surface area contributed by atoms with Gasteiger partial charge in [-0.1, -0.05) is 6.58 Å². The van der Waals surface area contributed by atoms with Gasteiger partial charge >= 0.3 is 6.09 Å². The van der Waals surface area contributed by atoms with Gasteiger partial charge in [0.25, 0.3) is 0 Å². The average molecular weight is 441 g/mol. The predicted octanol–water partition coefficient (Wildman–Crippen LogP) is 4.92. The van der Waals surface area contributed by atoms with Crippen molar-refractivity contribution < 1.29 is 23.1 Å². The summed E-state index contributed by atoms with van der Waals surface area (Å²) in [5.41, 5.74) is 0.943. The van der Waals surface area contributed by atoms with Crippen molar-refractivity contribution in [1.29, 1.82) is 0 Å². The van der Waals surface area contributed by atoms with Crippen LogP contribution < -0.4 is 5.32 Å². The number of amides is 2. The molecule has 0 aliphatic carbocycles. The summed E-state index contributed by atoms with van der Waals surface area (Å²) in [6.45, 7) is 8.24. The van der Waals surface area contributed by atoms with Crippen LogP contribution in [0.5, 0.6) is 0 Å². The van der Waals surface area contributed by atoms with Crippen LogP contribution in [-0.2, 0) is 9.53 Å². The number of nitrogens with one attached hydrogen (secondary N) is 1. The Balaban J connectivity index is 1.38. The molecule has 32 heavy (non-hydrogen) atoms. The lowest BCUT2D eigenvalue weighted by Crippen LogP contribution is -2.49. The van der Waals surface area contributed by atoms with E-state index in [-0.39, 0.29) is 24.0 Å². The molecule has 6 nitrogen and oxygen atoms in total. The smallest absolute Gasteiger partial charge is 0.411 e. The van der Waals surface area contributed by atoms with E-state index in [0.29, 0.717) is 42.8 Å². The van der Waals surface area contributed by atoms with Crippen LogP contribution in [0.4, 0.5) is 19.4 Å². The van der Waals surface area contributed by atoms with Gasteiger partial charge in [-0.3, -0.25) is 4.79 Å². The van der Waals surface area contributed by atoms with Gasteiger partial charge in [0.2, 0.25) is 5.91 Å². The van der Waals surface area contributed by atoms with E-state index in [2.05, 4.69) is 16.9 Å². The summed E-state index contributed by atoms with van der Waals surface area (Å²) in [6, 6.07) is 6.36. The van der Waals surface area contributed by atoms with Crippen LogP contribution in [0.2, 0.25) is 0 Å². The first kappa shape index (κ1) is 21.9. The van der Waals surface area contributed by atoms with Gasteiger partial charge in [0, 0.05) is 30.8 Å². The lowest BCUT2D eigenvalue weighted by Gasteiger charge is -2.38. The number of cyclic esters (lactones) is 1. The van der Waals surface area contributed by atoms with Crippen LogP contribution in [-0.4, -0.2) is 40.1 Å². The molecule has 0 spiro atoms. The third-order valence-corrected chi connectivity index (χ3v) is 6.43. The number of hydrogen-bond donors (Lipinski definition) is 1. The number of carbonyl (C=O) groups excluding carboxylic acids is 2. The van der Waals surface area contributed by atoms with E-state index in [0.717, 1.165) is 11.6 Å². The monoisotopic (exact) mass is 441 g/mol. The Morgan fingerprint density at radius 1 is 1.28 bits per heavy atom. The first-order chi connectivity index (χ1) is 15.2. The third kappa shape index (κ3) is 4.22. The number of ether oxygens (including phenoxy) is 1. The largest absolute Gasteiger partial charge is 0.436 e. The standard InChI is InChI=1S/C24H25F2N3O3/c1-14(2)24(3)20-8-15(6-7-29(20)23(31)32-24)9-22(30)28-21-5-4-16(13-27-21)17-10-18(25)12-19(26)11-17/h4-5,10-13,15,20H,1,6-9H2,2-3H3,(H,27,28,30). The fourth-order valence-electron chi connectivity index (χ4n) is 4.46. The summed E-state index contributed by atoms with van der Waals surface area (Å²) in [5.74, 6) is -1.05. The third-order valence-electron chi connectivity index (χ3n) is 6.43. The van der Waals surface area contributed by atoms with Gasteiger partial charge in [-0.15, -0.1) is 0 Å². The molecule has 4 rings (SSSR count). The zero-order valence-electron chi connectivity index (χ0n) is 18.0. The summed E-state index contributed by atoms with van der Waals surface area (Å²) in [4.78, 5) is 30.7. The molecule has 8 heteroatoms. The Morgan fingerprint density at radius 2 is 2.00 bits per heavy atom. The van der Waals surface area contributed by atoms with E-state index in [9.17, 15) is 18.4 Å². The molecule has 2 aromatic rings. The Bertz CT molecular complexity index is 1050. The van der Waals surface area contributed by atoms with Crippen LogP contribution in [0, 0.1) is 17.6 Å². The number of aromatic nitrogens is 1. The molecule has 3 heterocycles. The molecule has 1 aromatic carbocycles. The second-order valence-electron chi connectivity index (χ2n) is 8.70. The number of anilines is 1. The number of rotatable bonds is 5. The normalized spacial score (nSPS) is 24.6. The second kappa shape index (κ2) is 8.33. The van der Waals surface area contributed by atoms with Crippen molar-refractivity contribution in [2.24, 2.45) is 5.92 Å². The van der Waals surface area contributed by atoms with Crippen LogP contribution in [0.1, 0.15) is 33.1 Å². The number of piperidine rings is 1. The van der Waals surface area contributed by atoms with Crippen LogP contribution in [0.15, 0.2) is 48.7 Å². The van der Waals surface area contributed by atoms with E-state index in [1.54, 1.807) is 17.0 Å². The zero-order chi connectivity index (χ0) is 23.0. The maximum absolute atomic E-state index is 13.4. The molecule has 2 saturated heterocycles. The molecule has 1 aromatic heterocycles. The zero-order valence-corrected chi connectivity index (χ0v) is 18.0. The Kier molecular flexibility index (Phi) is 5.71. The van der Waals surface area contributed by atoms with Gasteiger partial charge in [0.15, 0.2) is 5.60 Å². The highest BCUT2D eigenvalue weighted by Gasteiger charge is 2.53. The lowest BCUT2D eigenvalue weighted by atomic mass is 9.79. The number of pyridine rings is 1. The van der Waals surface area contributed by atoms with E-state index >= 15 is 0 Å². The minimum Gasteiger partial charge on any atom is -0.436 e. The number of hydrogen-bond acceptors (Lipinski definition) is 4. The number of fused-ring (bicyclic) bond motifs is 1. The predicted molar refractivity (Wildman–Crippen MR) is 116 cm³/mol. The van der Waals surface area contributed by atoms with E-state index < -0.39 is 17.2 Å². The number of benzene rings is 1. The summed E-state index contributed by atoms with van der Waals surface area (Å²) < 4.78 is 32.5. The van der Waals surface area contributed by atoms with Crippen molar-refractivity contribution in [3.8, 4) is 11.1 Å². The first-order valence-corrected chi connectivity index (χ1v) is 10.5. The fourth-order valence-corrected chi connectivity index (χ4v) is 4.46. The number of halogens is 2. The molecule has 2 aliphatic heterocycles. The molecule has 0 bridgehead atoms.